The van der Waals surface area contributed by atoms with E-state index in [0.29, 0.717) is 24.1 Å². The molecule has 4 unspecified atom stereocenters. The molecule has 0 amide bonds. The third-order valence-corrected chi connectivity index (χ3v) is 8.77. The molecule has 3 saturated heterocycles. The Bertz CT molecular complexity index is 1020. The Morgan fingerprint density at radius 1 is 1.10 bits per heavy atom. The van der Waals surface area contributed by atoms with Crippen LogP contribution in [0.25, 0.3) is 0 Å². The van der Waals surface area contributed by atoms with Gasteiger partial charge in [0.05, 0.1) is 12.0 Å². The summed E-state index contributed by atoms with van der Waals surface area (Å²) >= 11 is 0. The van der Waals surface area contributed by atoms with Crippen molar-refractivity contribution in [3.05, 3.63) is 54.1 Å². The van der Waals surface area contributed by atoms with Crippen LogP contribution in [0.3, 0.4) is 0 Å². The minimum atomic E-state index is -3.51. The highest BCUT2D eigenvalue weighted by atomic mass is 32.2. The van der Waals surface area contributed by atoms with E-state index in [1.54, 1.807) is 31.4 Å². The van der Waals surface area contributed by atoms with Crippen LogP contribution in [-0.4, -0.2) is 59.2 Å². The first kappa shape index (κ1) is 20.8. The van der Waals surface area contributed by atoms with Gasteiger partial charge in [-0.15, -0.1) is 0 Å². The van der Waals surface area contributed by atoms with Gasteiger partial charge in [0.25, 0.3) is 0 Å². The summed E-state index contributed by atoms with van der Waals surface area (Å²) in [6.07, 6.45) is 3.44. The van der Waals surface area contributed by atoms with Crippen LogP contribution in [-0.2, 0) is 16.4 Å². The van der Waals surface area contributed by atoms with Crippen LogP contribution in [0.4, 0.5) is 5.69 Å². The number of fused-ring (bicyclic) bond motifs is 4. The van der Waals surface area contributed by atoms with Gasteiger partial charge in [-0.2, -0.15) is 0 Å². The molecule has 1 N–H and O–H groups in total. The number of sulfonamides is 1. The molecule has 2 aromatic rings. The first-order valence-electron chi connectivity index (χ1n) is 11.2. The van der Waals surface area contributed by atoms with E-state index < -0.39 is 10.0 Å². The summed E-state index contributed by atoms with van der Waals surface area (Å²) in [5, 5.41) is 0. The van der Waals surface area contributed by atoms with E-state index >= 15 is 0 Å². The van der Waals surface area contributed by atoms with Crippen LogP contribution in [0.15, 0.2) is 53.4 Å². The molecule has 0 aromatic heterocycles. The van der Waals surface area contributed by atoms with Crippen LogP contribution in [0, 0.1) is 11.8 Å². The van der Waals surface area contributed by atoms with Crippen molar-refractivity contribution in [3.63, 3.8) is 0 Å². The van der Waals surface area contributed by atoms with Crippen LogP contribution < -0.4 is 14.4 Å². The molecule has 6 nitrogen and oxygen atoms in total. The van der Waals surface area contributed by atoms with E-state index in [9.17, 15) is 8.42 Å². The maximum Gasteiger partial charge on any atom is 0.240 e. The standard InChI is InChI=1S/C24H31N3O3S/c1-30-22-6-8-23(9-7-22)31(28,29)25-15-21-14-19-11-12-26(21)16-20(19)17-27-13-10-18-4-2-3-5-24(18)27/h2-9,19-21,25H,10-17H2,1H3. The molecule has 4 heterocycles. The van der Waals surface area contributed by atoms with Gasteiger partial charge in [0.1, 0.15) is 5.75 Å². The SMILES string of the molecule is COc1ccc(S(=O)(=O)NCC2CC3CCN2CC3CN2CCc3ccccc32)cc1. The maximum atomic E-state index is 12.7. The van der Waals surface area contributed by atoms with Crippen LogP contribution in [0.5, 0.6) is 5.75 Å². The normalized spacial score (nSPS) is 27.3. The number of para-hydroxylation sites is 1. The van der Waals surface area contributed by atoms with Crippen molar-refractivity contribution in [2.75, 3.05) is 44.7 Å². The molecular formula is C24H31N3O3S. The second-order valence-electron chi connectivity index (χ2n) is 9.05. The van der Waals surface area contributed by atoms with E-state index in [-0.39, 0.29) is 10.9 Å². The van der Waals surface area contributed by atoms with Crippen LogP contribution in [0.2, 0.25) is 0 Å². The fraction of sp³-hybridized carbons (Fsp3) is 0.500. The molecule has 2 aromatic carbocycles. The summed E-state index contributed by atoms with van der Waals surface area (Å²) in [6.45, 7) is 4.85. The molecule has 3 fully saturated rings. The number of methoxy groups -OCH3 is 1. The largest absolute Gasteiger partial charge is 0.497 e. The van der Waals surface area contributed by atoms with Gasteiger partial charge in [0.15, 0.2) is 0 Å². The molecule has 6 rings (SSSR count). The molecule has 7 heteroatoms. The van der Waals surface area contributed by atoms with Crippen molar-refractivity contribution >= 4 is 15.7 Å². The molecule has 0 radical (unpaired) electrons. The van der Waals surface area contributed by atoms with Gasteiger partial charge in [0.2, 0.25) is 10.0 Å². The van der Waals surface area contributed by atoms with Crippen molar-refractivity contribution in [2.24, 2.45) is 11.8 Å². The fourth-order valence-corrected chi connectivity index (χ4v) is 6.66. The summed E-state index contributed by atoms with van der Waals surface area (Å²) in [5.74, 6) is 1.99. The van der Waals surface area contributed by atoms with Gasteiger partial charge in [-0.05, 0) is 73.5 Å². The third-order valence-electron chi connectivity index (χ3n) is 7.33. The summed E-state index contributed by atoms with van der Waals surface area (Å²) in [7, 11) is -1.93. The highest BCUT2D eigenvalue weighted by Crippen LogP contribution is 2.38. The molecule has 4 aliphatic heterocycles. The lowest BCUT2D eigenvalue weighted by atomic mass is 9.75. The monoisotopic (exact) mass is 441 g/mol. The van der Waals surface area contributed by atoms with Gasteiger partial charge in [-0.25, -0.2) is 13.1 Å². The first-order chi connectivity index (χ1) is 15.0. The minimum absolute atomic E-state index is 0.286. The molecule has 4 atom stereocenters. The second kappa shape index (κ2) is 8.45. The van der Waals surface area contributed by atoms with E-state index in [0.717, 1.165) is 39.0 Å². The van der Waals surface area contributed by atoms with E-state index in [1.807, 2.05) is 0 Å². The van der Waals surface area contributed by atoms with Crippen molar-refractivity contribution in [2.45, 2.75) is 30.2 Å². The van der Waals surface area contributed by atoms with Gasteiger partial charge in [0, 0.05) is 37.9 Å². The lowest BCUT2D eigenvalue weighted by Gasteiger charge is -2.50. The van der Waals surface area contributed by atoms with Crippen molar-refractivity contribution in [3.8, 4) is 5.75 Å². The zero-order valence-corrected chi connectivity index (χ0v) is 18.9. The summed E-state index contributed by atoms with van der Waals surface area (Å²) in [5.41, 5.74) is 2.87. The number of nitrogens with zero attached hydrogens (tertiary/aromatic N) is 2. The van der Waals surface area contributed by atoms with Crippen molar-refractivity contribution in [1.29, 1.82) is 0 Å². The van der Waals surface area contributed by atoms with Gasteiger partial charge in [-0.1, -0.05) is 18.2 Å². The van der Waals surface area contributed by atoms with Crippen LogP contribution >= 0.6 is 0 Å². The Morgan fingerprint density at radius 2 is 1.90 bits per heavy atom. The molecule has 166 valence electrons. The molecule has 0 spiro atoms. The van der Waals surface area contributed by atoms with Crippen LogP contribution in [0.1, 0.15) is 18.4 Å². The lowest BCUT2D eigenvalue weighted by molar-refractivity contribution is 0.00670. The first-order valence-corrected chi connectivity index (χ1v) is 12.7. The average molecular weight is 442 g/mol. The number of rotatable bonds is 7. The molecule has 31 heavy (non-hydrogen) atoms. The number of anilines is 1. The number of ether oxygens (including phenoxy) is 1. The maximum absolute atomic E-state index is 12.7. The Kier molecular flexibility index (Phi) is 5.67. The quantitative estimate of drug-likeness (QED) is 0.716. The predicted molar refractivity (Wildman–Crippen MR) is 122 cm³/mol. The average Bonchev–Trinajstić information content (AvgIpc) is 3.21. The van der Waals surface area contributed by atoms with Crippen molar-refractivity contribution in [1.82, 2.24) is 9.62 Å². The van der Waals surface area contributed by atoms with E-state index in [2.05, 4.69) is 38.8 Å². The zero-order valence-electron chi connectivity index (χ0n) is 18.0. The second-order valence-corrected chi connectivity index (χ2v) is 10.8. The number of nitrogens with one attached hydrogen (secondary N) is 1. The number of hydrogen-bond acceptors (Lipinski definition) is 5. The molecule has 2 bridgehead atoms. The minimum Gasteiger partial charge on any atom is -0.497 e. The summed E-state index contributed by atoms with van der Waals surface area (Å²) in [4.78, 5) is 5.35. The fourth-order valence-electron chi connectivity index (χ4n) is 5.59. The molecular weight excluding hydrogens is 410 g/mol. The predicted octanol–water partition coefficient (Wildman–Crippen LogP) is 2.75. The Balaban J connectivity index is 1.19. The Labute approximate surface area is 185 Å². The topological polar surface area (TPSA) is 61.9 Å². The highest BCUT2D eigenvalue weighted by Gasteiger charge is 2.41. The highest BCUT2D eigenvalue weighted by molar-refractivity contribution is 7.89. The number of hydrogen-bond donors (Lipinski definition) is 1. The lowest BCUT2D eigenvalue weighted by Crippen LogP contribution is -2.58. The van der Waals surface area contributed by atoms with Gasteiger partial charge >= 0.3 is 0 Å². The number of benzene rings is 2. The molecule has 0 saturated carbocycles. The van der Waals surface area contributed by atoms with Gasteiger partial charge in [-0.3, -0.25) is 4.90 Å². The Morgan fingerprint density at radius 3 is 2.65 bits per heavy atom. The number of piperidine rings is 3. The molecule has 4 aliphatic rings. The third kappa shape index (κ3) is 4.19. The zero-order chi connectivity index (χ0) is 21.4. The van der Waals surface area contributed by atoms with E-state index in [4.69, 9.17) is 4.74 Å². The smallest absolute Gasteiger partial charge is 0.240 e. The van der Waals surface area contributed by atoms with E-state index in [1.165, 1.54) is 17.7 Å². The summed E-state index contributed by atoms with van der Waals surface area (Å²) in [6, 6.07) is 15.6. The Hall–Kier alpha value is -2.09. The van der Waals surface area contributed by atoms with Crippen molar-refractivity contribution < 1.29 is 13.2 Å². The molecule has 0 aliphatic carbocycles. The van der Waals surface area contributed by atoms with Gasteiger partial charge < -0.3 is 9.64 Å². The summed E-state index contributed by atoms with van der Waals surface area (Å²) < 4.78 is 33.4.